The lowest BCUT2D eigenvalue weighted by molar-refractivity contribution is 0.620. The Morgan fingerprint density at radius 1 is 1.28 bits per heavy atom. The number of fused-ring (bicyclic) bond motifs is 1. The normalized spacial score (nSPS) is 11.0. The number of aromatic amines is 1. The molecule has 7 heteroatoms. The second-order valence-corrected chi connectivity index (χ2v) is 3.91. The van der Waals surface area contributed by atoms with Gasteiger partial charge in [0.05, 0.1) is 11.6 Å². The van der Waals surface area contributed by atoms with Crippen LogP contribution in [0, 0.1) is 12.7 Å². The van der Waals surface area contributed by atoms with Crippen molar-refractivity contribution in [3.63, 3.8) is 0 Å². The number of anilines is 1. The first-order valence-corrected chi connectivity index (χ1v) is 5.24. The number of hydrogen-bond donors (Lipinski definition) is 2. The Bertz CT molecular complexity index is 735. The molecular weight excluding hydrogens is 235 g/mol. The lowest BCUT2D eigenvalue weighted by Gasteiger charge is -1.99. The molecule has 0 spiro atoms. The minimum absolute atomic E-state index is 0.197. The highest BCUT2D eigenvalue weighted by Gasteiger charge is 2.13. The van der Waals surface area contributed by atoms with Crippen LogP contribution >= 0.6 is 0 Å². The molecule has 0 saturated heterocycles. The predicted molar refractivity (Wildman–Crippen MR) is 64.0 cm³/mol. The van der Waals surface area contributed by atoms with Crippen LogP contribution in [-0.4, -0.2) is 25.1 Å². The fourth-order valence-electron chi connectivity index (χ4n) is 1.67. The molecule has 0 unspecified atom stereocenters. The van der Waals surface area contributed by atoms with Gasteiger partial charge in [0.2, 0.25) is 0 Å². The molecule has 3 aromatic heterocycles. The summed E-state index contributed by atoms with van der Waals surface area (Å²) in [4.78, 5) is 11.9. The third kappa shape index (κ3) is 1.56. The number of hydrogen-bond acceptors (Lipinski definition) is 5. The molecule has 0 aliphatic carbocycles. The van der Waals surface area contributed by atoms with Crippen LogP contribution in [0.1, 0.15) is 5.56 Å². The van der Waals surface area contributed by atoms with Crippen LogP contribution in [0.25, 0.3) is 22.6 Å². The molecule has 6 nitrogen and oxygen atoms in total. The first-order valence-electron chi connectivity index (χ1n) is 5.24. The lowest BCUT2D eigenvalue weighted by Crippen LogP contribution is -1.99. The number of aromatic nitrogens is 5. The zero-order valence-corrected chi connectivity index (χ0v) is 9.48. The number of nitrogen functional groups attached to an aromatic ring is 1. The molecule has 0 amide bonds. The molecule has 18 heavy (non-hydrogen) atoms. The number of halogens is 1. The highest BCUT2D eigenvalue weighted by molar-refractivity contribution is 5.89. The van der Waals surface area contributed by atoms with Gasteiger partial charge in [-0.25, -0.2) is 19.3 Å². The maximum atomic E-state index is 13.0. The number of H-pyrrole nitrogens is 1. The van der Waals surface area contributed by atoms with Crippen molar-refractivity contribution in [1.29, 1.82) is 0 Å². The van der Waals surface area contributed by atoms with E-state index in [0.29, 0.717) is 11.3 Å². The molecule has 3 rings (SSSR count). The van der Waals surface area contributed by atoms with Crippen LogP contribution < -0.4 is 5.73 Å². The van der Waals surface area contributed by atoms with Crippen molar-refractivity contribution >= 4 is 16.9 Å². The van der Waals surface area contributed by atoms with Crippen LogP contribution in [0.2, 0.25) is 0 Å². The van der Waals surface area contributed by atoms with Crippen molar-refractivity contribution in [2.75, 3.05) is 5.73 Å². The van der Waals surface area contributed by atoms with Crippen molar-refractivity contribution < 1.29 is 4.39 Å². The minimum atomic E-state index is -0.645. The maximum Gasteiger partial charge on any atom is 0.183 e. The Hall–Kier alpha value is -2.57. The summed E-state index contributed by atoms with van der Waals surface area (Å²) in [5.74, 6) is -0.572. The fraction of sp³-hybridized carbons (Fsp3) is 0.0909. The van der Waals surface area contributed by atoms with Gasteiger partial charge in [-0.3, -0.25) is 5.10 Å². The van der Waals surface area contributed by atoms with E-state index in [1.54, 1.807) is 6.20 Å². The van der Waals surface area contributed by atoms with Gasteiger partial charge in [0, 0.05) is 6.20 Å². The monoisotopic (exact) mass is 244 g/mol. The predicted octanol–water partition coefficient (Wildman–Crippen LogP) is 1.44. The second-order valence-electron chi connectivity index (χ2n) is 3.91. The van der Waals surface area contributed by atoms with E-state index in [2.05, 4.69) is 25.1 Å². The molecule has 0 atom stereocenters. The number of pyridine rings is 1. The summed E-state index contributed by atoms with van der Waals surface area (Å²) in [6, 6.07) is 1.91. The van der Waals surface area contributed by atoms with Gasteiger partial charge in [-0.2, -0.15) is 5.10 Å². The molecular formula is C11H9FN6. The average molecular weight is 244 g/mol. The molecule has 0 saturated carbocycles. The fourth-order valence-corrected chi connectivity index (χ4v) is 1.67. The van der Waals surface area contributed by atoms with Gasteiger partial charge >= 0.3 is 0 Å². The number of aryl methyl sites for hydroxylation is 1. The molecule has 0 aromatic carbocycles. The van der Waals surface area contributed by atoms with Crippen LogP contribution in [0.5, 0.6) is 0 Å². The minimum Gasteiger partial charge on any atom is -0.381 e. The standard InChI is InChI=1S/C11H9FN6/c1-5-2-6-8(17-18-10(6)14-3-5)11-15-4-7(12)9(13)16-11/h2-4H,1H3,(H2,13,15,16)(H,14,17,18). The summed E-state index contributed by atoms with van der Waals surface area (Å²) in [6.07, 6.45) is 2.76. The topological polar surface area (TPSA) is 93.4 Å². The van der Waals surface area contributed by atoms with Crippen molar-refractivity contribution in [3.05, 3.63) is 29.8 Å². The number of nitrogens with two attached hydrogens (primary N) is 1. The lowest BCUT2D eigenvalue weighted by atomic mass is 10.2. The maximum absolute atomic E-state index is 13.0. The van der Waals surface area contributed by atoms with Gasteiger partial charge in [0.15, 0.2) is 23.1 Å². The number of nitrogens with zero attached hydrogens (tertiary/aromatic N) is 4. The Morgan fingerprint density at radius 2 is 2.11 bits per heavy atom. The van der Waals surface area contributed by atoms with Crippen LogP contribution in [0.3, 0.4) is 0 Å². The van der Waals surface area contributed by atoms with E-state index in [0.717, 1.165) is 17.1 Å². The van der Waals surface area contributed by atoms with E-state index in [9.17, 15) is 4.39 Å². The summed E-state index contributed by atoms with van der Waals surface area (Å²) >= 11 is 0. The Kier molecular flexibility index (Phi) is 2.19. The molecule has 0 radical (unpaired) electrons. The van der Waals surface area contributed by atoms with Crippen molar-refractivity contribution in [1.82, 2.24) is 25.1 Å². The highest BCUT2D eigenvalue weighted by atomic mass is 19.1. The molecule has 3 N–H and O–H groups in total. The third-order valence-corrected chi connectivity index (χ3v) is 2.54. The second kappa shape index (κ2) is 3.73. The van der Waals surface area contributed by atoms with E-state index >= 15 is 0 Å². The zero-order chi connectivity index (χ0) is 12.7. The first-order chi connectivity index (χ1) is 8.65. The molecule has 3 aromatic rings. The molecule has 0 aliphatic rings. The van der Waals surface area contributed by atoms with E-state index < -0.39 is 5.82 Å². The highest BCUT2D eigenvalue weighted by Crippen LogP contribution is 2.23. The molecule has 90 valence electrons. The van der Waals surface area contributed by atoms with E-state index in [4.69, 9.17) is 5.73 Å². The van der Waals surface area contributed by atoms with Gasteiger partial charge in [0.1, 0.15) is 5.69 Å². The Morgan fingerprint density at radius 3 is 2.89 bits per heavy atom. The number of nitrogens with one attached hydrogen (secondary N) is 1. The molecule has 0 bridgehead atoms. The van der Waals surface area contributed by atoms with Crippen LogP contribution in [-0.2, 0) is 0 Å². The smallest absolute Gasteiger partial charge is 0.183 e. The van der Waals surface area contributed by atoms with E-state index in [-0.39, 0.29) is 11.6 Å². The summed E-state index contributed by atoms with van der Waals surface area (Å²) in [7, 11) is 0. The van der Waals surface area contributed by atoms with Crippen molar-refractivity contribution in [2.24, 2.45) is 0 Å². The van der Waals surface area contributed by atoms with Gasteiger partial charge in [-0.1, -0.05) is 0 Å². The average Bonchev–Trinajstić information content (AvgIpc) is 2.75. The summed E-state index contributed by atoms with van der Waals surface area (Å²) in [5, 5.41) is 7.64. The summed E-state index contributed by atoms with van der Waals surface area (Å²) < 4.78 is 13.0. The zero-order valence-electron chi connectivity index (χ0n) is 9.48. The van der Waals surface area contributed by atoms with Gasteiger partial charge in [-0.15, -0.1) is 0 Å². The van der Waals surface area contributed by atoms with E-state index in [1.165, 1.54) is 0 Å². The van der Waals surface area contributed by atoms with Gasteiger partial charge in [-0.05, 0) is 18.6 Å². The molecule has 0 fully saturated rings. The quantitative estimate of drug-likeness (QED) is 0.675. The van der Waals surface area contributed by atoms with Crippen molar-refractivity contribution in [2.45, 2.75) is 6.92 Å². The first kappa shape index (κ1) is 10.6. The third-order valence-electron chi connectivity index (χ3n) is 2.54. The Labute approximate surface area is 101 Å². The van der Waals surface area contributed by atoms with Crippen LogP contribution in [0.15, 0.2) is 18.5 Å². The van der Waals surface area contributed by atoms with Gasteiger partial charge < -0.3 is 5.73 Å². The molecule has 3 heterocycles. The Balaban J connectivity index is 2.24. The largest absolute Gasteiger partial charge is 0.381 e. The summed E-state index contributed by atoms with van der Waals surface area (Å²) in [5.41, 5.74) is 7.54. The SMILES string of the molecule is Cc1cnc2[nH]nc(-c3ncc(F)c(N)n3)c2c1. The van der Waals surface area contributed by atoms with Gasteiger partial charge in [0.25, 0.3) is 0 Å². The van der Waals surface area contributed by atoms with E-state index in [1.807, 2.05) is 13.0 Å². The molecule has 0 aliphatic heterocycles. The van der Waals surface area contributed by atoms with Crippen molar-refractivity contribution in [3.8, 4) is 11.5 Å². The summed E-state index contributed by atoms with van der Waals surface area (Å²) in [6.45, 7) is 1.92. The number of rotatable bonds is 1. The van der Waals surface area contributed by atoms with Crippen LogP contribution in [0.4, 0.5) is 10.2 Å².